The first-order valence-corrected chi connectivity index (χ1v) is 4.83. The lowest BCUT2D eigenvalue weighted by Crippen LogP contribution is -1.88. The van der Waals surface area contributed by atoms with Crippen molar-refractivity contribution in [3.05, 3.63) is 0 Å². The van der Waals surface area contributed by atoms with Crippen LogP contribution in [-0.4, -0.2) is 4.83 Å². The molecule has 0 spiro atoms. The zero-order valence-electron chi connectivity index (χ0n) is 6.49. The first kappa shape index (κ1) is 9.48. The number of hydrogen-bond donors (Lipinski definition) is 0. The number of hydrogen-bond acceptors (Lipinski definition) is 0. The van der Waals surface area contributed by atoms with Gasteiger partial charge in [0.15, 0.2) is 0 Å². The van der Waals surface area contributed by atoms with Crippen molar-refractivity contribution in [3.8, 4) is 0 Å². The van der Waals surface area contributed by atoms with Crippen molar-refractivity contribution in [1.29, 1.82) is 0 Å². The van der Waals surface area contributed by atoms with E-state index >= 15 is 0 Å². The molecule has 56 valence electrons. The largest absolute Gasteiger partial charge is 0.0894 e. The molecule has 0 unspecified atom stereocenters. The number of halogens is 1. The fourth-order valence-corrected chi connectivity index (χ4v) is 1.18. The first-order chi connectivity index (χ1) is 4.27. The van der Waals surface area contributed by atoms with Crippen LogP contribution in [0.3, 0.4) is 0 Å². The summed E-state index contributed by atoms with van der Waals surface area (Å²) in [7, 11) is 0. The Morgan fingerprint density at radius 1 is 1.22 bits per heavy atom. The van der Waals surface area contributed by atoms with Crippen molar-refractivity contribution in [2.75, 3.05) is 0 Å². The third-order valence-electron chi connectivity index (χ3n) is 1.46. The van der Waals surface area contributed by atoms with E-state index in [2.05, 4.69) is 29.8 Å². The highest BCUT2D eigenvalue weighted by Crippen LogP contribution is 2.10. The minimum atomic E-state index is 0.717. The average Bonchev–Trinajstić information content (AvgIpc) is 1.80. The van der Waals surface area contributed by atoms with E-state index in [1.54, 1.807) is 0 Å². The van der Waals surface area contributed by atoms with Gasteiger partial charge in [0.2, 0.25) is 0 Å². The van der Waals surface area contributed by atoms with Crippen molar-refractivity contribution in [2.45, 2.75) is 50.8 Å². The molecule has 0 nitrogen and oxygen atoms in total. The highest BCUT2D eigenvalue weighted by atomic mass is 79.9. The lowest BCUT2D eigenvalue weighted by molar-refractivity contribution is 0.633. The summed E-state index contributed by atoms with van der Waals surface area (Å²) in [5.41, 5.74) is 0. The van der Waals surface area contributed by atoms with Gasteiger partial charge in [-0.15, -0.1) is 0 Å². The van der Waals surface area contributed by atoms with E-state index in [1.807, 2.05) is 0 Å². The van der Waals surface area contributed by atoms with Gasteiger partial charge in [-0.25, -0.2) is 0 Å². The molecule has 0 aromatic carbocycles. The summed E-state index contributed by atoms with van der Waals surface area (Å²) in [5, 5.41) is 0. The summed E-state index contributed by atoms with van der Waals surface area (Å²) in [6.07, 6.45) is 6.88. The van der Waals surface area contributed by atoms with Gasteiger partial charge in [-0.2, -0.15) is 0 Å². The Labute approximate surface area is 67.2 Å². The minimum Gasteiger partial charge on any atom is -0.0894 e. The Morgan fingerprint density at radius 2 is 1.89 bits per heavy atom. The third-order valence-corrected chi connectivity index (χ3v) is 1.91. The summed E-state index contributed by atoms with van der Waals surface area (Å²) in [4.78, 5) is 0.717. The van der Waals surface area contributed by atoms with Gasteiger partial charge in [0.25, 0.3) is 0 Å². The van der Waals surface area contributed by atoms with Crippen molar-refractivity contribution in [1.82, 2.24) is 0 Å². The quantitative estimate of drug-likeness (QED) is 0.460. The maximum absolute atomic E-state index is 3.53. The SMILES string of the molecule is CCCCCC[C@@H](C)Br. The molecular formula is C8H17Br. The van der Waals surface area contributed by atoms with Crippen molar-refractivity contribution < 1.29 is 0 Å². The molecule has 0 saturated heterocycles. The van der Waals surface area contributed by atoms with Crippen molar-refractivity contribution >= 4 is 15.9 Å². The molecule has 0 aromatic heterocycles. The van der Waals surface area contributed by atoms with Gasteiger partial charge in [-0.05, 0) is 6.42 Å². The third kappa shape index (κ3) is 8.48. The highest BCUT2D eigenvalue weighted by Gasteiger charge is 1.93. The minimum absolute atomic E-state index is 0.717. The second kappa shape index (κ2) is 6.60. The molecule has 0 bridgehead atoms. The van der Waals surface area contributed by atoms with E-state index in [0.717, 1.165) is 0 Å². The van der Waals surface area contributed by atoms with Gasteiger partial charge in [0.05, 0.1) is 0 Å². The fraction of sp³-hybridized carbons (Fsp3) is 1.00. The van der Waals surface area contributed by atoms with E-state index in [1.165, 1.54) is 32.1 Å². The van der Waals surface area contributed by atoms with Gasteiger partial charge in [0.1, 0.15) is 0 Å². The van der Waals surface area contributed by atoms with Crippen LogP contribution in [0.1, 0.15) is 46.0 Å². The first-order valence-electron chi connectivity index (χ1n) is 3.91. The zero-order chi connectivity index (χ0) is 7.11. The van der Waals surface area contributed by atoms with Gasteiger partial charge in [-0.3, -0.25) is 0 Å². The van der Waals surface area contributed by atoms with E-state index in [0.29, 0.717) is 4.83 Å². The average molecular weight is 193 g/mol. The van der Waals surface area contributed by atoms with Gasteiger partial charge in [-0.1, -0.05) is 55.5 Å². The predicted molar refractivity (Wildman–Crippen MR) is 47.1 cm³/mol. The molecule has 0 aliphatic heterocycles. The molecule has 0 fully saturated rings. The number of rotatable bonds is 5. The zero-order valence-corrected chi connectivity index (χ0v) is 8.08. The molecular weight excluding hydrogens is 176 g/mol. The molecule has 9 heavy (non-hydrogen) atoms. The number of alkyl halides is 1. The predicted octanol–water partition coefficient (Wildman–Crippen LogP) is 3.74. The summed E-state index contributed by atoms with van der Waals surface area (Å²) < 4.78 is 0. The maximum Gasteiger partial charge on any atom is 0.0117 e. The monoisotopic (exact) mass is 192 g/mol. The Kier molecular flexibility index (Phi) is 6.95. The van der Waals surface area contributed by atoms with E-state index in [4.69, 9.17) is 0 Å². The molecule has 1 atom stereocenters. The van der Waals surface area contributed by atoms with Crippen LogP contribution in [0.4, 0.5) is 0 Å². The number of unbranched alkanes of at least 4 members (excludes halogenated alkanes) is 3. The highest BCUT2D eigenvalue weighted by molar-refractivity contribution is 9.09. The molecule has 0 aromatic rings. The van der Waals surface area contributed by atoms with Gasteiger partial charge >= 0.3 is 0 Å². The van der Waals surface area contributed by atoms with Gasteiger partial charge < -0.3 is 0 Å². The summed E-state index contributed by atoms with van der Waals surface area (Å²) in [6, 6.07) is 0. The van der Waals surface area contributed by atoms with Crippen LogP contribution in [0, 0.1) is 0 Å². The van der Waals surface area contributed by atoms with Crippen LogP contribution in [0.5, 0.6) is 0 Å². The molecule has 0 saturated carbocycles. The Morgan fingerprint density at radius 3 is 2.33 bits per heavy atom. The fourth-order valence-electron chi connectivity index (χ4n) is 0.852. The van der Waals surface area contributed by atoms with Crippen LogP contribution in [0.2, 0.25) is 0 Å². The summed E-state index contributed by atoms with van der Waals surface area (Å²) in [5.74, 6) is 0. The van der Waals surface area contributed by atoms with E-state index in [9.17, 15) is 0 Å². The van der Waals surface area contributed by atoms with Crippen LogP contribution in [-0.2, 0) is 0 Å². The molecule has 0 heterocycles. The molecule has 0 aliphatic carbocycles. The lowest BCUT2D eigenvalue weighted by atomic mass is 10.1. The normalized spacial score (nSPS) is 13.7. The van der Waals surface area contributed by atoms with Gasteiger partial charge in [0, 0.05) is 4.83 Å². The van der Waals surface area contributed by atoms with Crippen LogP contribution >= 0.6 is 15.9 Å². The second-order valence-electron chi connectivity index (χ2n) is 2.63. The van der Waals surface area contributed by atoms with Crippen LogP contribution in [0.15, 0.2) is 0 Å². The topological polar surface area (TPSA) is 0 Å². The molecule has 0 amide bonds. The van der Waals surface area contributed by atoms with Crippen LogP contribution < -0.4 is 0 Å². The van der Waals surface area contributed by atoms with E-state index < -0.39 is 0 Å². The smallest absolute Gasteiger partial charge is 0.0117 e. The Balaban J connectivity index is 2.75. The second-order valence-corrected chi connectivity index (χ2v) is 4.19. The van der Waals surface area contributed by atoms with E-state index in [-0.39, 0.29) is 0 Å². The molecule has 0 radical (unpaired) electrons. The van der Waals surface area contributed by atoms with Crippen molar-refractivity contribution in [2.24, 2.45) is 0 Å². The molecule has 0 rings (SSSR count). The molecule has 0 N–H and O–H groups in total. The lowest BCUT2D eigenvalue weighted by Gasteiger charge is -2.00. The molecule has 1 heteroatoms. The van der Waals surface area contributed by atoms with Crippen molar-refractivity contribution in [3.63, 3.8) is 0 Å². The standard InChI is InChI=1S/C8H17Br/c1-3-4-5-6-7-8(2)9/h8H,3-7H2,1-2H3/t8-/m1/s1. The maximum atomic E-state index is 3.53. The van der Waals surface area contributed by atoms with Crippen LogP contribution in [0.25, 0.3) is 0 Å². The molecule has 0 aliphatic rings. The Bertz CT molecular complexity index is 50.5. The summed E-state index contributed by atoms with van der Waals surface area (Å²) in [6.45, 7) is 4.46. The summed E-state index contributed by atoms with van der Waals surface area (Å²) >= 11 is 3.53. The Hall–Kier alpha value is 0.480.